The molecule has 0 saturated carbocycles. The fraction of sp³-hybridized carbons (Fsp3) is 0.419. The van der Waals surface area contributed by atoms with Gasteiger partial charge in [-0.1, -0.05) is 69.3 Å². The van der Waals surface area contributed by atoms with Gasteiger partial charge in [-0.25, -0.2) is 0 Å². The van der Waals surface area contributed by atoms with Crippen LogP contribution >= 0.6 is 11.3 Å². The van der Waals surface area contributed by atoms with E-state index in [9.17, 15) is 9.59 Å². The minimum atomic E-state index is 0.0664. The maximum Gasteiger partial charge on any atom is 0.255 e. The Morgan fingerprint density at radius 3 is 2.43 bits per heavy atom. The summed E-state index contributed by atoms with van der Waals surface area (Å²) in [4.78, 5) is 34.9. The number of carbonyl (C=O) groups excluding carboxylic acids is 2. The smallest absolute Gasteiger partial charge is 0.255 e. The van der Waals surface area contributed by atoms with Crippen LogP contribution < -0.4 is 4.90 Å². The SMILES string of the molecule is CCc1cc(C(=O)N2CCN(CC(C)C)CCCN(C(=O)Cc3ccccc3)c3ccccc3C2)cs1. The van der Waals surface area contributed by atoms with Crippen molar-refractivity contribution in [2.45, 2.75) is 46.6 Å². The van der Waals surface area contributed by atoms with Gasteiger partial charge in [0.05, 0.1) is 12.0 Å². The summed E-state index contributed by atoms with van der Waals surface area (Å²) in [7, 11) is 0. The van der Waals surface area contributed by atoms with Gasteiger partial charge in [0.2, 0.25) is 5.91 Å². The Kier molecular flexibility index (Phi) is 9.53. The van der Waals surface area contributed by atoms with Crippen molar-refractivity contribution in [1.29, 1.82) is 0 Å². The van der Waals surface area contributed by atoms with Crippen molar-refractivity contribution >= 4 is 28.8 Å². The van der Waals surface area contributed by atoms with Crippen LogP contribution in [0.2, 0.25) is 0 Å². The third-order valence-electron chi connectivity index (χ3n) is 6.84. The fourth-order valence-electron chi connectivity index (χ4n) is 5.00. The molecule has 0 fully saturated rings. The number of nitrogens with zero attached hydrogens (tertiary/aromatic N) is 3. The number of thiophene rings is 1. The predicted molar refractivity (Wildman–Crippen MR) is 153 cm³/mol. The van der Waals surface area contributed by atoms with Gasteiger partial charge in [0.1, 0.15) is 0 Å². The summed E-state index contributed by atoms with van der Waals surface area (Å²) >= 11 is 1.65. The highest BCUT2D eigenvalue weighted by molar-refractivity contribution is 7.10. The molecular weight excluding hydrogens is 478 g/mol. The summed E-state index contributed by atoms with van der Waals surface area (Å²) in [6.45, 7) is 11.1. The van der Waals surface area contributed by atoms with E-state index in [2.05, 4.69) is 31.7 Å². The van der Waals surface area contributed by atoms with Gasteiger partial charge in [-0.2, -0.15) is 0 Å². The van der Waals surface area contributed by atoms with Crippen LogP contribution in [0.1, 0.15) is 53.6 Å². The van der Waals surface area contributed by atoms with Crippen LogP contribution in [0.3, 0.4) is 0 Å². The van der Waals surface area contributed by atoms with Crippen molar-refractivity contribution in [3.63, 3.8) is 0 Å². The Morgan fingerprint density at radius 2 is 1.70 bits per heavy atom. The normalized spacial score (nSPS) is 15.4. The maximum absolute atomic E-state index is 13.7. The summed E-state index contributed by atoms with van der Waals surface area (Å²) in [5.74, 6) is 0.694. The highest BCUT2D eigenvalue weighted by atomic mass is 32.1. The Balaban J connectivity index is 1.66. The molecule has 1 aliphatic heterocycles. The Morgan fingerprint density at radius 1 is 0.946 bits per heavy atom. The van der Waals surface area contributed by atoms with Crippen LogP contribution in [0.15, 0.2) is 66.0 Å². The highest BCUT2D eigenvalue weighted by Crippen LogP contribution is 2.26. The number of hydrogen-bond acceptors (Lipinski definition) is 4. The molecule has 0 aliphatic carbocycles. The predicted octanol–water partition coefficient (Wildman–Crippen LogP) is 5.89. The maximum atomic E-state index is 13.7. The van der Waals surface area contributed by atoms with Crippen LogP contribution in [0.25, 0.3) is 0 Å². The first-order valence-corrected chi connectivity index (χ1v) is 14.3. The van der Waals surface area contributed by atoms with E-state index in [0.717, 1.165) is 54.9 Å². The molecule has 4 rings (SSSR count). The monoisotopic (exact) mass is 517 g/mol. The number of carbonyl (C=O) groups is 2. The lowest BCUT2D eigenvalue weighted by Crippen LogP contribution is -2.40. The van der Waals surface area contributed by atoms with Crippen LogP contribution in [0, 0.1) is 5.92 Å². The summed E-state index contributed by atoms with van der Waals surface area (Å²) in [6, 6.07) is 20.1. The molecule has 196 valence electrons. The molecule has 0 spiro atoms. The van der Waals surface area contributed by atoms with Crippen LogP contribution in [-0.2, 0) is 24.2 Å². The molecule has 2 amide bonds. The number of amides is 2. The lowest BCUT2D eigenvalue weighted by atomic mass is 10.1. The van der Waals surface area contributed by atoms with E-state index in [-0.39, 0.29) is 11.8 Å². The molecule has 0 atom stereocenters. The third-order valence-corrected chi connectivity index (χ3v) is 7.93. The summed E-state index contributed by atoms with van der Waals surface area (Å²) in [5.41, 5.74) is 3.71. The van der Waals surface area contributed by atoms with Gasteiger partial charge >= 0.3 is 0 Å². The van der Waals surface area contributed by atoms with Gasteiger partial charge in [-0.3, -0.25) is 9.59 Å². The van der Waals surface area contributed by atoms with E-state index in [1.54, 1.807) is 11.3 Å². The van der Waals surface area contributed by atoms with E-state index >= 15 is 0 Å². The van der Waals surface area contributed by atoms with Gasteiger partial charge in [0, 0.05) is 48.7 Å². The molecule has 3 aromatic rings. The zero-order valence-electron chi connectivity index (χ0n) is 22.4. The zero-order chi connectivity index (χ0) is 26.2. The quantitative estimate of drug-likeness (QED) is 0.410. The van der Waals surface area contributed by atoms with Gasteiger partial charge in [-0.15, -0.1) is 11.3 Å². The van der Waals surface area contributed by atoms with Crippen LogP contribution in [-0.4, -0.2) is 54.3 Å². The lowest BCUT2D eigenvalue weighted by Gasteiger charge is -2.28. The van der Waals surface area contributed by atoms with E-state index in [1.807, 2.05) is 69.8 Å². The molecule has 0 unspecified atom stereocenters. The van der Waals surface area contributed by atoms with E-state index < -0.39 is 0 Å². The van der Waals surface area contributed by atoms with Crippen molar-refractivity contribution < 1.29 is 9.59 Å². The van der Waals surface area contributed by atoms with Crippen molar-refractivity contribution in [1.82, 2.24) is 9.80 Å². The van der Waals surface area contributed by atoms with Crippen LogP contribution in [0.5, 0.6) is 0 Å². The number of benzene rings is 2. The number of aryl methyl sites for hydroxylation is 1. The first-order chi connectivity index (χ1) is 17.9. The van der Waals surface area contributed by atoms with Crippen molar-refractivity contribution in [3.05, 3.63) is 87.6 Å². The third kappa shape index (κ3) is 7.30. The molecule has 1 aromatic heterocycles. The second kappa shape index (κ2) is 13.0. The second-order valence-corrected chi connectivity index (χ2v) is 11.3. The molecule has 0 N–H and O–H groups in total. The Bertz CT molecular complexity index is 1170. The number of anilines is 1. The number of fused-ring (bicyclic) bond motifs is 1. The summed E-state index contributed by atoms with van der Waals surface area (Å²) in [5, 5.41) is 1.99. The average Bonchev–Trinajstić information content (AvgIpc) is 3.37. The van der Waals surface area contributed by atoms with Crippen LogP contribution in [0.4, 0.5) is 5.69 Å². The minimum Gasteiger partial charge on any atom is -0.333 e. The molecule has 37 heavy (non-hydrogen) atoms. The van der Waals surface area contributed by atoms with Crippen molar-refractivity contribution in [3.8, 4) is 0 Å². The zero-order valence-corrected chi connectivity index (χ0v) is 23.2. The Labute approximate surface area is 225 Å². The standard InChI is InChI=1S/C31H39N3O2S/c1-4-28-20-27(23-37-28)31(36)33-18-17-32(21-24(2)3)15-10-16-34(29-14-9-8-13-26(29)22-33)30(35)19-25-11-6-5-7-12-25/h5-9,11-14,20,23-24H,4,10,15-19,21-22H2,1-3H3. The number of hydrogen-bond donors (Lipinski definition) is 0. The summed E-state index contributed by atoms with van der Waals surface area (Å²) < 4.78 is 0. The minimum absolute atomic E-state index is 0.0664. The molecule has 2 heterocycles. The van der Waals surface area contributed by atoms with Gasteiger partial charge < -0.3 is 14.7 Å². The number of para-hydroxylation sites is 1. The molecule has 1 aliphatic rings. The Hall–Kier alpha value is -2.96. The van der Waals surface area contributed by atoms with Crippen molar-refractivity contribution in [2.75, 3.05) is 37.6 Å². The van der Waals surface area contributed by atoms with Gasteiger partial charge in [-0.05, 0) is 48.6 Å². The largest absolute Gasteiger partial charge is 0.333 e. The van der Waals surface area contributed by atoms with Gasteiger partial charge in [0.15, 0.2) is 0 Å². The fourth-order valence-corrected chi connectivity index (χ4v) is 5.81. The molecule has 0 saturated heterocycles. The molecule has 0 radical (unpaired) electrons. The highest BCUT2D eigenvalue weighted by Gasteiger charge is 2.25. The average molecular weight is 518 g/mol. The second-order valence-electron chi connectivity index (χ2n) is 10.3. The first-order valence-electron chi connectivity index (χ1n) is 13.5. The summed E-state index contributed by atoms with van der Waals surface area (Å²) in [6.07, 6.45) is 2.18. The molecule has 0 bridgehead atoms. The van der Waals surface area contributed by atoms with Crippen molar-refractivity contribution in [2.24, 2.45) is 5.92 Å². The van der Waals surface area contributed by atoms with E-state index in [1.165, 1.54) is 4.88 Å². The number of rotatable bonds is 6. The lowest BCUT2D eigenvalue weighted by molar-refractivity contribution is -0.118. The van der Waals surface area contributed by atoms with E-state index in [4.69, 9.17) is 0 Å². The first kappa shape index (κ1) is 27.1. The van der Waals surface area contributed by atoms with E-state index in [0.29, 0.717) is 32.0 Å². The topological polar surface area (TPSA) is 43.9 Å². The molecule has 6 heteroatoms. The van der Waals surface area contributed by atoms with Gasteiger partial charge in [0.25, 0.3) is 5.91 Å². The molecule has 2 aromatic carbocycles. The molecule has 5 nitrogen and oxygen atoms in total. The molecular formula is C31H39N3O2S.